The number of aromatic amines is 1. The Bertz CT molecular complexity index is 666. The minimum absolute atomic E-state index is 0.147. The van der Waals surface area contributed by atoms with Gasteiger partial charge in [0, 0.05) is 30.4 Å². The summed E-state index contributed by atoms with van der Waals surface area (Å²) >= 11 is 0. The van der Waals surface area contributed by atoms with Crippen LogP contribution >= 0.6 is 0 Å². The van der Waals surface area contributed by atoms with Gasteiger partial charge in [-0.2, -0.15) is 5.10 Å². The first-order chi connectivity index (χ1) is 11.8. The van der Waals surface area contributed by atoms with Crippen molar-refractivity contribution in [1.29, 1.82) is 0 Å². The molecule has 2 fully saturated rings. The molecule has 0 radical (unpaired) electrons. The van der Waals surface area contributed by atoms with Crippen LogP contribution in [0.2, 0.25) is 0 Å². The van der Waals surface area contributed by atoms with Crippen LogP contribution in [0.25, 0.3) is 0 Å². The van der Waals surface area contributed by atoms with Crippen molar-refractivity contribution in [3.05, 3.63) is 53.9 Å². The minimum atomic E-state index is -0.197. The Labute approximate surface area is 142 Å². The lowest BCUT2D eigenvalue weighted by atomic mass is 9.92. The van der Waals surface area contributed by atoms with Gasteiger partial charge in [0.1, 0.15) is 6.04 Å². The maximum atomic E-state index is 12.9. The second kappa shape index (κ2) is 6.77. The Balaban J connectivity index is 1.56. The maximum absolute atomic E-state index is 12.9. The summed E-state index contributed by atoms with van der Waals surface area (Å²) in [6.07, 6.45) is 6.28. The number of nitrogens with zero attached hydrogens (tertiary/aromatic N) is 2. The number of likely N-dealkylation sites (tertiary alicyclic amines) is 1. The van der Waals surface area contributed by atoms with Crippen molar-refractivity contribution in [2.75, 3.05) is 13.1 Å². The van der Waals surface area contributed by atoms with Crippen LogP contribution < -0.4 is 5.32 Å². The Morgan fingerprint density at radius 1 is 1.21 bits per heavy atom. The van der Waals surface area contributed by atoms with Crippen LogP contribution in [0, 0.1) is 0 Å². The SMILES string of the molecule is O=C(NC1CC1)[C@H](c1ccccc1)N1CCC[C@@H](c2ccn[nH]2)C1. The number of nitrogens with one attached hydrogen (secondary N) is 2. The number of aromatic nitrogens is 2. The molecule has 2 atom stereocenters. The van der Waals surface area contributed by atoms with Gasteiger partial charge in [-0.25, -0.2) is 0 Å². The molecule has 1 aliphatic heterocycles. The highest BCUT2D eigenvalue weighted by Crippen LogP contribution is 2.32. The first kappa shape index (κ1) is 15.4. The van der Waals surface area contributed by atoms with Gasteiger partial charge in [0.05, 0.1) is 0 Å². The molecule has 1 saturated heterocycles. The number of benzene rings is 1. The number of piperidine rings is 1. The van der Waals surface area contributed by atoms with Crippen LogP contribution in [-0.2, 0) is 4.79 Å². The largest absolute Gasteiger partial charge is 0.352 e. The van der Waals surface area contributed by atoms with E-state index in [1.807, 2.05) is 24.4 Å². The number of rotatable bonds is 5. The molecule has 24 heavy (non-hydrogen) atoms. The number of hydrogen-bond donors (Lipinski definition) is 2. The average molecular weight is 324 g/mol. The molecule has 1 saturated carbocycles. The van der Waals surface area contributed by atoms with Gasteiger partial charge in [-0.1, -0.05) is 30.3 Å². The molecule has 2 aliphatic rings. The molecule has 1 aromatic carbocycles. The lowest BCUT2D eigenvalue weighted by molar-refractivity contribution is -0.127. The van der Waals surface area contributed by atoms with Gasteiger partial charge >= 0.3 is 0 Å². The van der Waals surface area contributed by atoms with Crippen molar-refractivity contribution in [2.45, 2.75) is 43.7 Å². The van der Waals surface area contributed by atoms with Crippen LogP contribution in [0.1, 0.15) is 48.9 Å². The van der Waals surface area contributed by atoms with Gasteiger partial charge in [0.25, 0.3) is 0 Å². The van der Waals surface area contributed by atoms with Crippen LogP contribution in [0.4, 0.5) is 0 Å². The Hall–Kier alpha value is -2.14. The molecule has 126 valence electrons. The fraction of sp³-hybridized carbons (Fsp3) is 0.474. The third kappa shape index (κ3) is 3.36. The summed E-state index contributed by atoms with van der Waals surface area (Å²) in [7, 11) is 0. The Morgan fingerprint density at radius 2 is 2.04 bits per heavy atom. The monoisotopic (exact) mass is 324 g/mol. The number of carbonyl (C=O) groups excluding carboxylic acids is 1. The Kier molecular flexibility index (Phi) is 4.34. The van der Waals surface area contributed by atoms with E-state index >= 15 is 0 Å². The molecular formula is C19H24N4O. The number of H-pyrrole nitrogens is 1. The van der Waals surface area contributed by atoms with E-state index in [1.165, 1.54) is 5.69 Å². The Morgan fingerprint density at radius 3 is 2.75 bits per heavy atom. The van der Waals surface area contributed by atoms with Gasteiger partial charge in [-0.15, -0.1) is 0 Å². The van der Waals surface area contributed by atoms with Gasteiger partial charge in [0.2, 0.25) is 5.91 Å². The molecule has 0 unspecified atom stereocenters. The molecule has 0 bridgehead atoms. The minimum Gasteiger partial charge on any atom is -0.352 e. The molecule has 2 aromatic rings. The summed E-state index contributed by atoms with van der Waals surface area (Å²) in [5, 5.41) is 10.4. The molecule has 4 rings (SSSR count). The molecule has 2 heterocycles. The average Bonchev–Trinajstić information content (AvgIpc) is 3.25. The van der Waals surface area contributed by atoms with E-state index in [0.717, 1.165) is 44.3 Å². The lowest BCUT2D eigenvalue weighted by Crippen LogP contribution is -2.45. The summed E-state index contributed by atoms with van der Waals surface area (Å²) in [5.74, 6) is 0.565. The van der Waals surface area contributed by atoms with Gasteiger partial charge in [-0.05, 0) is 43.9 Å². The van der Waals surface area contributed by atoms with E-state index in [9.17, 15) is 4.79 Å². The predicted octanol–water partition coefficient (Wildman–Crippen LogP) is 2.61. The predicted molar refractivity (Wildman–Crippen MR) is 92.5 cm³/mol. The third-order valence-corrected chi connectivity index (χ3v) is 5.07. The molecule has 5 heteroatoms. The quantitative estimate of drug-likeness (QED) is 0.889. The van der Waals surface area contributed by atoms with Crippen molar-refractivity contribution in [3.8, 4) is 0 Å². The van der Waals surface area contributed by atoms with Crippen molar-refractivity contribution in [3.63, 3.8) is 0 Å². The molecule has 1 amide bonds. The fourth-order valence-corrected chi connectivity index (χ4v) is 3.66. The van der Waals surface area contributed by atoms with Gasteiger partial charge in [-0.3, -0.25) is 14.8 Å². The first-order valence-corrected chi connectivity index (χ1v) is 8.90. The summed E-state index contributed by atoms with van der Waals surface area (Å²) in [6, 6.07) is 12.4. The van der Waals surface area contributed by atoms with E-state index in [-0.39, 0.29) is 11.9 Å². The second-order valence-electron chi connectivity index (χ2n) is 6.94. The third-order valence-electron chi connectivity index (χ3n) is 5.07. The zero-order valence-electron chi connectivity index (χ0n) is 13.8. The summed E-state index contributed by atoms with van der Waals surface area (Å²) in [5.41, 5.74) is 2.26. The zero-order chi connectivity index (χ0) is 16.4. The van der Waals surface area contributed by atoms with Crippen molar-refractivity contribution in [2.24, 2.45) is 0 Å². The molecule has 1 aliphatic carbocycles. The normalized spacial score (nSPS) is 22.9. The van der Waals surface area contributed by atoms with E-state index in [4.69, 9.17) is 0 Å². The number of amides is 1. The van der Waals surface area contributed by atoms with Crippen molar-refractivity contribution < 1.29 is 4.79 Å². The van der Waals surface area contributed by atoms with E-state index in [2.05, 4.69) is 38.6 Å². The molecule has 1 aromatic heterocycles. The van der Waals surface area contributed by atoms with Gasteiger partial charge in [0.15, 0.2) is 0 Å². The second-order valence-corrected chi connectivity index (χ2v) is 6.94. The summed E-state index contributed by atoms with van der Waals surface area (Å²) in [6.45, 7) is 1.85. The standard InChI is InChI=1S/C19H24N4O/c24-19(21-16-8-9-16)18(14-5-2-1-3-6-14)23-12-4-7-15(13-23)17-10-11-20-22-17/h1-3,5-6,10-11,15-16,18H,4,7-9,12-13H2,(H,20,22)(H,21,24)/t15-,18+/m1/s1. The summed E-state index contributed by atoms with van der Waals surface area (Å²) in [4.78, 5) is 15.2. The van der Waals surface area contributed by atoms with Crippen LogP contribution in [0.3, 0.4) is 0 Å². The van der Waals surface area contributed by atoms with Crippen molar-refractivity contribution in [1.82, 2.24) is 20.4 Å². The van der Waals surface area contributed by atoms with E-state index in [1.54, 1.807) is 0 Å². The molecule has 0 spiro atoms. The maximum Gasteiger partial charge on any atom is 0.242 e. The fourth-order valence-electron chi connectivity index (χ4n) is 3.66. The highest BCUT2D eigenvalue weighted by Gasteiger charge is 2.35. The van der Waals surface area contributed by atoms with Crippen molar-refractivity contribution >= 4 is 5.91 Å². The molecular weight excluding hydrogens is 300 g/mol. The highest BCUT2D eigenvalue weighted by molar-refractivity contribution is 5.83. The highest BCUT2D eigenvalue weighted by atomic mass is 16.2. The van der Waals surface area contributed by atoms with Crippen LogP contribution in [0.15, 0.2) is 42.6 Å². The van der Waals surface area contributed by atoms with Crippen LogP contribution in [0.5, 0.6) is 0 Å². The number of carbonyl (C=O) groups is 1. The van der Waals surface area contributed by atoms with Gasteiger partial charge < -0.3 is 5.32 Å². The first-order valence-electron chi connectivity index (χ1n) is 8.90. The topological polar surface area (TPSA) is 61.0 Å². The summed E-state index contributed by atoms with van der Waals surface area (Å²) < 4.78 is 0. The number of hydrogen-bond acceptors (Lipinski definition) is 3. The molecule has 2 N–H and O–H groups in total. The zero-order valence-corrected chi connectivity index (χ0v) is 13.8. The van der Waals surface area contributed by atoms with Crippen LogP contribution in [-0.4, -0.2) is 40.1 Å². The molecule has 5 nitrogen and oxygen atoms in total. The van der Waals surface area contributed by atoms with E-state index < -0.39 is 0 Å². The smallest absolute Gasteiger partial charge is 0.242 e. The van der Waals surface area contributed by atoms with E-state index in [0.29, 0.717) is 12.0 Å². The lowest BCUT2D eigenvalue weighted by Gasteiger charge is -2.37.